The summed E-state index contributed by atoms with van der Waals surface area (Å²) in [6.45, 7) is 8.49. The zero-order valence-electron chi connectivity index (χ0n) is 28.9. The first kappa shape index (κ1) is 34.3. The van der Waals surface area contributed by atoms with Crippen LogP contribution >= 0.6 is 23.1 Å². The van der Waals surface area contributed by atoms with Crippen LogP contribution in [0.3, 0.4) is 0 Å². The second kappa shape index (κ2) is 14.2. The predicted molar refractivity (Wildman–Crippen MR) is 201 cm³/mol. The molecule has 260 valence electrons. The maximum absolute atomic E-state index is 14.0. The summed E-state index contributed by atoms with van der Waals surface area (Å²) < 4.78 is 14.2. The highest BCUT2D eigenvalue weighted by Crippen LogP contribution is 2.46. The number of aliphatic hydroxyl groups excluding tert-OH is 1. The molecular weight excluding hydrogens is 683 g/mol. The number of carbonyl (C=O) groups excluding carboxylic acids is 2. The normalized spacial score (nSPS) is 15.8. The van der Waals surface area contributed by atoms with Gasteiger partial charge in [0.25, 0.3) is 5.78 Å². The molecule has 3 aromatic heterocycles. The van der Waals surface area contributed by atoms with Crippen molar-refractivity contribution in [3.63, 3.8) is 0 Å². The van der Waals surface area contributed by atoms with E-state index >= 15 is 0 Å². The van der Waals surface area contributed by atoms with Gasteiger partial charge < -0.3 is 19.0 Å². The largest absolute Gasteiger partial charge is 0.505 e. The number of benzene rings is 3. The summed E-state index contributed by atoms with van der Waals surface area (Å²) in [5.74, 6) is 0.0367. The molecule has 3 aromatic carbocycles. The number of aryl methyl sites for hydroxylation is 2. The van der Waals surface area contributed by atoms with Crippen molar-refractivity contribution in [2.75, 3.05) is 18.6 Å². The fourth-order valence-corrected chi connectivity index (χ4v) is 8.18. The number of aromatic nitrogens is 4. The number of hydrogen-bond acceptors (Lipinski definition) is 10. The Balaban J connectivity index is 1.30. The van der Waals surface area contributed by atoms with Gasteiger partial charge in [-0.25, -0.2) is 4.98 Å². The highest BCUT2D eigenvalue weighted by atomic mass is 32.2. The van der Waals surface area contributed by atoms with Gasteiger partial charge >= 0.3 is 5.91 Å². The summed E-state index contributed by atoms with van der Waals surface area (Å²) in [5.41, 5.74) is 3.97. The first-order valence-electron chi connectivity index (χ1n) is 16.7. The van der Waals surface area contributed by atoms with Gasteiger partial charge in [0, 0.05) is 11.9 Å². The number of amides is 1. The minimum absolute atomic E-state index is 0.0974. The molecule has 0 aliphatic carbocycles. The lowest BCUT2D eigenvalue weighted by molar-refractivity contribution is -0.132. The topological polar surface area (TPSA) is 119 Å². The van der Waals surface area contributed by atoms with Crippen LogP contribution in [0.5, 0.6) is 11.5 Å². The average Bonchev–Trinajstić information content (AvgIpc) is 3.81. The maximum Gasteiger partial charge on any atom is 0.301 e. The second-order valence-corrected chi connectivity index (χ2v) is 15.0. The molecule has 51 heavy (non-hydrogen) atoms. The summed E-state index contributed by atoms with van der Waals surface area (Å²) in [6.07, 6.45) is 2.71. The van der Waals surface area contributed by atoms with E-state index in [-0.39, 0.29) is 22.2 Å². The van der Waals surface area contributed by atoms with E-state index < -0.39 is 17.7 Å². The van der Waals surface area contributed by atoms with Crippen molar-refractivity contribution < 1.29 is 24.2 Å². The Kier molecular flexibility index (Phi) is 9.54. The maximum atomic E-state index is 14.0. The molecule has 1 saturated heterocycles. The SMILES string of the molecule is COc1cc(C2/C(=C(\O)c3nc4c(C)cccn4c3C)C(=O)C(=O)N2c2nnc(SCc3cccc4ccccc34)s2)ccc1OCCC(C)C. The third kappa shape index (κ3) is 6.45. The van der Waals surface area contributed by atoms with Gasteiger partial charge in [0.15, 0.2) is 21.6 Å². The van der Waals surface area contributed by atoms with Crippen molar-refractivity contribution >= 4 is 62.1 Å². The Morgan fingerprint density at radius 2 is 1.80 bits per heavy atom. The molecule has 0 radical (unpaired) electrons. The number of carbonyl (C=O) groups is 2. The van der Waals surface area contributed by atoms with Gasteiger partial charge in [-0.3, -0.25) is 14.5 Å². The number of methoxy groups -OCH3 is 1. The number of thioether (sulfide) groups is 1. The molecule has 1 aliphatic heterocycles. The Bertz CT molecular complexity index is 2320. The van der Waals surface area contributed by atoms with Crippen LogP contribution in [0, 0.1) is 19.8 Å². The van der Waals surface area contributed by atoms with E-state index in [1.807, 2.05) is 54.8 Å². The molecule has 1 aliphatic rings. The number of anilines is 1. The number of nitrogens with zero attached hydrogens (tertiary/aromatic N) is 5. The van der Waals surface area contributed by atoms with Gasteiger partial charge in [-0.05, 0) is 71.8 Å². The summed E-state index contributed by atoms with van der Waals surface area (Å²) in [4.78, 5) is 34.0. The van der Waals surface area contributed by atoms with E-state index in [0.29, 0.717) is 51.0 Å². The number of hydrogen-bond donors (Lipinski definition) is 1. The monoisotopic (exact) mass is 719 g/mol. The van der Waals surface area contributed by atoms with E-state index in [4.69, 9.17) is 14.5 Å². The standard InChI is InChI=1S/C39H37N5O5S2/c1-22(2)17-19-49-29-16-15-26(20-30(29)48-5)33-31(34(45)32-24(4)43-18-9-10-23(3)36(43)40-32)35(46)37(47)44(33)38-41-42-39(51-38)50-21-27-13-8-12-25-11-6-7-14-28(25)27/h6-16,18,20,22,33,45H,17,19,21H2,1-5H3/b34-31+. The van der Waals surface area contributed by atoms with Crippen LogP contribution in [0.4, 0.5) is 5.13 Å². The number of pyridine rings is 1. The first-order chi connectivity index (χ1) is 24.7. The van der Waals surface area contributed by atoms with E-state index in [1.165, 1.54) is 35.1 Å². The molecule has 4 heterocycles. The van der Waals surface area contributed by atoms with Crippen LogP contribution in [0.2, 0.25) is 0 Å². The van der Waals surface area contributed by atoms with Gasteiger partial charge in [0.05, 0.1) is 31.0 Å². The highest BCUT2D eigenvalue weighted by Gasteiger charge is 2.49. The third-order valence-electron chi connectivity index (χ3n) is 9.04. The van der Waals surface area contributed by atoms with Crippen molar-refractivity contribution in [3.8, 4) is 11.5 Å². The zero-order valence-corrected chi connectivity index (χ0v) is 30.5. The van der Waals surface area contributed by atoms with E-state index in [9.17, 15) is 14.7 Å². The van der Waals surface area contributed by atoms with Crippen LogP contribution < -0.4 is 14.4 Å². The molecule has 0 bridgehead atoms. The summed E-state index contributed by atoms with van der Waals surface area (Å²) in [5, 5.41) is 23.3. The van der Waals surface area contributed by atoms with Crippen LogP contribution in [0.15, 0.2) is 88.9 Å². The quantitative estimate of drug-likeness (QED) is 0.0464. The number of aliphatic hydroxyl groups is 1. The molecule has 0 spiro atoms. The van der Waals surface area contributed by atoms with Crippen molar-refractivity contribution in [2.24, 2.45) is 5.92 Å². The molecule has 1 atom stereocenters. The van der Waals surface area contributed by atoms with Gasteiger partial charge in [-0.1, -0.05) is 91.5 Å². The Morgan fingerprint density at radius 1 is 1.00 bits per heavy atom. The minimum atomic E-state index is -1.04. The van der Waals surface area contributed by atoms with E-state index in [0.717, 1.165) is 28.3 Å². The van der Waals surface area contributed by atoms with Crippen molar-refractivity contribution in [1.82, 2.24) is 19.6 Å². The highest BCUT2D eigenvalue weighted by molar-refractivity contribution is 8.00. The molecule has 0 saturated carbocycles. The van der Waals surface area contributed by atoms with Gasteiger partial charge in [-0.2, -0.15) is 0 Å². The molecule has 1 amide bonds. The number of fused-ring (bicyclic) bond motifs is 2. The van der Waals surface area contributed by atoms with Crippen LogP contribution in [0.25, 0.3) is 22.2 Å². The summed E-state index contributed by atoms with van der Waals surface area (Å²) in [6, 6.07) is 22.5. The summed E-state index contributed by atoms with van der Waals surface area (Å²) >= 11 is 2.72. The number of Topliss-reactive ketones (excluding diaryl/α,β-unsaturated/α-hetero) is 1. The second-order valence-electron chi connectivity index (χ2n) is 12.8. The molecule has 1 unspecified atom stereocenters. The molecule has 1 N–H and O–H groups in total. The summed E-state index contributed by atoms with van der Waals surface area (Å²) in [7, 11) is 1.54. The number of rotatable bonds is 11. The Hall–Kier alpha value is -5.20. The first-order valence-corrected chi connectivity index (χ1v) is 18.5. The number of imidazole rings is 1. The molecule has 1 fully saturated rings. The van der Waals surface area contributed by atoms with E-state index in [2.05, 4.69) is 48.3 Å². The van der Waals surface area contributed by atoms with Gasteiger partial charge in [0.1, 0.15) is 11.3 Å². The van der Waals surface area contributed by atoms with Gasteiger partial charge in [-0.15, -0.1) is 10.2 Å². The fraction of sp³-hybridized carbons (Fsp3) is 0.256. The lowest BCUT2D eigenvalue weighted by Crippen LogP contribution is -2.29. The van der Waals surface area contributed by atoms with Crippen LogP contribution in [0.1, 0.15) is 54.4 Å². The lowest BCUT2D eigenvalue weighted by Gasteiger charge is -2.23. The van der Waals surface area contributed by atoms with Crippen molar-refractivity contribution in [3.05, 3.63) is 113 Å². The molecular formula is C39H37N5O5S2. The minimum Gasteiger partial charge on any atom is -0.505 e. The third-order valence-corrected chi connectivity index (χ3v) is 11.1. The Labute approximate surface area is 303 Å². The van der Waals surface area contributed by atoms with Crippen LogP contribution in [-0.4, -0.2) is 50.1 Å². The predicted octanol–water partition coefficient (Wildman–Crippen LogP) is 8.31. The number of ketones is 1. The molecule has 10 nitrogen and oxygen atoms in total. The van der Waals surface area contributed by atoms with Crippen molar-refractivity contribution in [1.29, 1.82) is 0 Å². The van der Waals surface area contributed by atoms with Crippen LogP contribution in [-0.2, 0) is 15.3 Å². The Morgan fingerprint density at radius 3 is 2.59 bits per heavy atom. The molecule has 12 heteroatoms. The van der Waals surface area contributed by atoms with Crippen molar-refractivity contribution in [2.45, 2.75) is 50.3 Å². The number of ether oxygens (including phenoxy) is 2. The molecule has 7 rings (SSSR count). The zero-order chi connectivity index (χ0) is 35.8. The smallest absolute Gasteiger partial charge is 0.301 e. The lowest BCUT2D eigenvalue weighted by atomic mass is 9.96. The average molecular weight is 720 g/mol. The fourth-order valence-electron chi connectivity index (χ4n) is 6.31. The van der Waals surface area contributed by atoms with E-state index in [1.54, 1.807) is 18.2 Å². The molecule has 6 aromatic rings. The van der Waals surface area contributed by atoms with Gasteiger partial charge in [0.2, 0.25) is 5.13 Å².